The highest BCUT2D eigenvalue weighted by atomic mass is 31.3. The summed E-state index contributed by atoms with van der Waals surface area (Å²) in [5.41, 5.74) is 1.35. The number of hydrogen-bond donors (Lipinski definition) is 1. The average molecular weight is 447 g/mol. The van der Waals surface area contributed by atoms with E-state index in [4.69, 9.17) is 8.62 Å². The standard InChI is InChI=1S/C15H24N5O5P3/c1-4-5-8-16-14-13-15(18-11-17-14)20(12-19-13)9-6-7-10-28(23,24-26(2)21)25-27(3)22/h6-7,11-12H,4-5,8-10H2,1-3H3,(H,16,17,18)/q+2/b7-6+. The first-order valence-corrected chi connectivity index (χ1v) is 13.7. The van der Waals surface area contributed by atoms with Crippen LogP contribution in [0.4, 0.5) is 5.82 Å². The number of allylic oxidation sites excluding steroid dienone is 2. The fraction of sp³-hybridized carbons (Fsp3) is 0.533. The van der Waals surface area contributed by atoms with Gasteiger partial charge in [-0.15, -0.1) is 0 Å². The highest BCUT2D eigenvalue weighted by Crippen LogP contribution is 2.59. The zero-order chi connectivity index (χ0) is 20.6. The predicted octanol–water partition coefficient (Wildman–Crippen LogP) is 4.57. The normalized spacial score (nSPS) is 15.0. The van der Waals surface area contributed by atoms with Gasteiger partial charge in [-0.05, 0) is 15.6 Å². The zero-order valence-corrected chi connectivity index (χ0v) is 18.7. The summed E-state index contributed by atoms with van der Waals surface area (Å²) in [5, 5.41) is 3.25. The summed E-state index contributed by atoms with van der Waals surface area (Å²) in [6, 6.07) is 0. The van der Waals surface area contributed by atoms with Gasteiger partial charge in [0, 0.05) is 13.1 Å². The minimum atomic E-state index is -3.72. The molecule has 28 heavy (non-hydrogen) atoms. The first kappa shape index (κ1) is 22.7. The number of aromatic nitrogens is 4. The Kier molecular flexibility index (Phi) is 8.80. The lowest BCUT2D eigenvalue weighted by Gasteiger charge is -2.05. The summed E-state index contributed by atoms with van der Waals surface area (Å²) in [4.78, 5) is 12.9. The Morgan fingerprint density at radius 1 is 1.18 bits per heavy atom. The molecule has 2 rings (SSSR count). The number of hydrogen-bond acceptors (Lipinski definition) is 9. The monoisotopic (exact) mass is 447 g/mol. The van der Waals surface area contributed by atoms with Crippen molar-refractivity contribution < 1.29 is 22.3 Å². The Balaban J connectivity index is 2.06. The van der Waals surface area contributed by atoms with Crippen molar-refractivity contribution in [1.82, 2.24) is 19.5 Å². The van der Waals surface area contributed by atoms with Crippen molar-refractivity contribution >= 4 is 40.6 Å². The predicted molar refractivity (Wildman–Crippen MR) is 110 cm³/mol. The summed E-state index contributed by atoms with van der Waals surface area (Å²) in [6.07, 6.45) is 8.41. The number of fused-ring (bicyclic) bond motifs is 1. The van der Waals surface area contributed by atoms with E-state index in [0.29, 0.717) is 23.5 Å². The Morgan fingerprint density at radius 3 is 2.54 bits per heavy atom. The summed E-state index contributed by atoms with van der Waals surface area (Å²) in [5.74, 6) is 0.686. The van der Waals surface area contributed by atoms with Gasteiger partial charge in [-0.2, -0.15) is 0 Å². The van der Waals surface area contributed by atoms with Crippen LogP contribution in [0.1, 0.15) is 19.8 Å². The molecule has 0 spiro atoms. The third-order valence-electron chi connectivity index (χ3n) is 3.50. The molecule has 0 aliphatic rings. The van der Waals surface area contributed by atoms with Crippen molar-refractivity contribution in [2.45, 2.75) is 26.3 Å². The zero-order valence-electron chi connectivity index (χ0n) is 16.0. The molecule has 1 N–H and O–H groups in total. The Bertz CT molecular complexity index is 897. The molecule has 2 aromatic rings. The van der Waals surface area contributed by atoms with Crippen LogP contribution in [-0.2, 0) is 28.9 Å². The second-order valence-corrected chi connectivity index (χ2v) is 10.5. The minimum absolute atomic E-state index is 0.137. The summed E-state index contributed by atoms with van der Waals surface area (Å²) in [6.45, 7) is 5.87. The van der Waals surface area contributed by atoms with Gasteiger partial charge < -0.3 is 9.88 Å². The largest absolute Gasteiger partial charge is 0.513 e. The SMILES string of the molecule is CCCCNc1ncnc2c1ncn2C/C=C/CP(=O)(O[P+](C)=O)O[P+](C)=O. The molecular weight excluding hydrogens is 423 g/mol. The molecule has 152 valence electrons. The third kappa shape index (κ3) is 6.80. The smallest absolute Gasteiger partial charge is 0.368 e. The van der Waals surface area contributed by atoms with E-state index in [0.717, 1.165) is 19.4 Å². The Morgan fingerprint density at radius 2 is 1.89 bits per heavy atom. The molecule has 10 nitrogen and oxygen atoms in total. The van der Waals surface area contributed by atoms with Crippen molar-refractivity contribution in [3.63, 3.8) is 0 Å². The fourth-order valence-electron chi connectivity index (χ4n) is 2.35. The Labute approximate surface area is 165 Å². The molecule has 0 fully saturated rings. The quantitative estimate of drug-likeness (QED) is 0.283. The fourth-order valence-corrected chi connectivity index (χ4v) is 6.48. The summed E-state index contributed by atoms with van der Waals surface area (Å²) >= 11 is 0. The van der Waals surface area contributed by atoms with E-state index in [9.17, 15) is 13.7 Å². The van der Waals surface area contributed by atoms with E-state index in [-0.39, 0.29) is 6.16 Å². The topological polar surface area (TPSA) is 125 Å². The second kappa shape index (κ2) is 10.8. The van der Waals surface area contributed by atoms with Gasteiger partial charge >= 0.3 is 23.7 Å². The number of nitrogens with one attached hydrogen (secondary N) is 1. The molecule has 0 aliphatic heterocycles. The number of anilines is 1. The van der Waals surface area contributed by atoms with E-state index in [1.807, 2.05) is 4.57 Å². The van der Waals surface area contributed by atoms with E-state index >= 15 is 0 Å². The highest BCUT2D eigenvalue weighted by molar-refractivity contribution is 7.66. The van der Waals surface area contributed by atoms with Crippen LogP contribution >= 0.6 is 23.7 Å². The van der Waals surface area contributed by atoms with Crippen LogP contribution in [0.3, 0.4) is 0 Å². The maximum Gasteiger partial charge on any atom is 0.513 e. The van der Waals surface area contributed by atoms with Crippen molar-refractivity contribution in [1.29, 1.82) is 0 Å². The van der Waals surface area contributed by atoms with Gasteiger partial charge in [-0.25, -0.2) is 15.0 Å². The lowest BCUT2D eigenvalue weighted by Crippen LogP contribution is -2.04. The lowest BCUT2D eigenvalue weighted by molar-refractivity contribution is 0.397. The Hall–Kier alpha value is -1.56. The van der Waals surface area contributed by atoms with Crippen LogP contribution < -0.4 is 5.32 Å². The molecule has 0 saturated heterocycles. The average Bonchev–Trinajstić information content (AvgIpc) is 3.01. The molecule has 13 heteroatoms. The molecule has 2 heterocycles. The van der Waals surface area contributed by atoms with Crippen molar-refractivity contribution in [2.75, 3.05) is 31.4 Å². The molecule has 2 atom stereocenters. The van der Waals surface area contributed by atoms with Crippen LogP contribution in [0.25, 0.3) is 11.2 Å². The number of rotatable bonds is 12. The van der Waals surface area contributed by atoms with Crippen LogP contribution in [0.5, 0.6) is 0 Å². The van der Waals surface area contributed by atoms with E-state index in [1.165, 1.54) is 19.7 Å². The summed E-state index contributed by atoms with van der Waals surface area (Å²) < 4.78 is 46.5. The maximum absolute atomic E-state index is 12.5. The van der Waals surface area contributed by atoms with E-state index in [2.05, 4.69) is 27.2 Å². The number of nitrogens with zero attached hydrogens (tertiary/aromatic N) is 4. The molecule has 0 aliphatic carbocycles. The lowest BCUT2D eigenvalue weighted by atomic mass is 10.3. The molecule has 0 saturated carbocycles. The molecule has 0 bridgehead atoms. The van der Waals surface area contributed by atoms with Gasteiger partial charge in [0.25, 0.3) is 0 Å². The van der Waals surface area contributed by atoms with Gasteiger partial charge in [0.1, 0.15) is 11.8 Å². The van der Waals surface area contributed by atoms with Crippen LogP contribution in [0.2, 0.25) is 0 Å². The first-order chi connectivity index (χ1) is 13.3. The highest BCUT2D eigenvalue weighted by Gasteiger charge is 2.39. The van der Waals surface area contributed by atoms with Gasteiger partial charge in [-0.1, -0.05) is 34.1 Å². The second-order valence-electron chi connectivity index (χ2n) is 5.88. The van der Waals surface area contributed by atoms with E-state index in [1.54, 1.807) is 18.5 Å². The van der Waals surface area contributed by atoms with Crippen molar-refractivity contribution in [3.05, 3.63) is 24.8 Å². The van der Waals surface area contributed by atoms with Gasteiger partial charge in [-0.3, -0.25) is 4.57 Å². The third-order valence-corrected chi connectivity index (χ3v) is 7.99. The molecule has 2 unspecified atom stereocenters. The molecule has 0 radical (unpaired) electrons. The van der Waals surface area contributed by atoms with Crippen molar-refractivity contribution in [2.24, 2.45) is 0 Å². The van der Waals surface area contributed by atoms with Gasteiger partial charge in [0.15, 0.2) is 24.8 Å². The van der Waals surface area contributed by atoms with E-state index < -0.39 is 23.7 Å². The van der Waals surface area contributed by atoms with Gasteiger partial charge in [0.05, 0.1) is 12.5 Å². The molecular formula is C15H24N5O5P3+2. The van der Waals surface area contributed by atoms with Crippen molar-refractivity contribution in [3.8, 4) is 0 Å². The maximum atomic E-state index is 12.5. The van der Waals surface area contributed by atoms with Crippen LogP contribution in [0, 0.1) is 0 Å². The summed E-state index contributed by atoms with van der Waals surface area (Å²) in [7, 11) is -8.02. The van der Waals surface area contributed by atoms with Crippen LogP contribution in [-0.4, -0.2) is 45.6 Å². The van der Waals surface area contributed by atoms with Crippen LogP contribution in [0.15, 0.2) is 24.8 Å². The van der Waals surface area contributed by atoms with Gasteiger partial charge in [0.2, 0.25) is 0 Å². The minimum Gasteiger partial charge on any atom is -0.368 e. The molecule has 0 aromatic carbocycles. The molecule has 2 aromatic heterocycles. The molecule has 0 amide bonds. The number of imidazole rings is 1. The number of unbranched alkanes of at least 4 members (excludes halogenated alkanes) is 1. The first-order valence-electron chi connectivity index (χ1n) is 8.69.